The molecule has 0 unspecified atom stereocenters. The first kappa shape index (κ1) is 22.9. The third-order valence-electron chi connectivity index (χ3n) is 3.30. The Morgan fingerprint density at radius 1 is 0.800 bits per heavy atom. The summed E-state index contributed by atoms with van der Waals surface area (Å²) in [6.07, 6.45) is 0.158. The first-order valence-corrected chi connectivity index (χ1v) is 12.0. The van der Waals surface area contributed by atoms with Gasteiger partial charge in [-0.25, -0.2) is 0 Å². The zero-order chi connectivity index (χ0) is 18.9. The molecule has 0 N–H and O–H groups in total. The van der Waals surface area contributed by atoms with Crippen LogP contribution >= 0.6 is 26.8 Å². The minimum atomic E-state index is -3.73. The molecule has 0 amide bonds. The molecular weight excluding hydrogens is 386 g/mol. The second kappa shape index (κ2) is 10.8. The van der Waals surface area contributed by atoms with Gasteiger partial charge < -0.3 is 18.1 Å². The highest BCUT2D eigenvalue weighted by atomic mass is 35.5. The maximum absolute atomic E-state index is 13.4. The van der Waals surface area contributed by atoms with Gasteiger partial charge in [0.25, 0.3) is 0 Å². The van der Waals surface area contributed by atoms with E-state index in [0.717, 1.165) is 5.56 Å². The molecule has 1 aromatic rings. The van der Waals surface area contributed by atoms with Gasteiger partial charge in [0.05, 0.1) is 26.4 Å². The van der Waals surface area contributed by atoms with Gasteiger partial charge in [-0.1, -0.05) is 23.7 Å². The van der Waals surface area contributed by atoms with Gasteiger partial charge in [0.1, 0.15) is 0 Å². The van der Waals surface area contributed by atoms with E-state index in [9.17, 15) is 9.13 Å². The predicted octanol–water partition coefficient (Wildman–Crippen LogP) is 5.74. The molecule has 0 atom stereocenters. The van der Waals surface area contributed by atoms with Gasteiger partial charge in [-0.05, 0) is 51.8 Å². The fourth-order valence-corrected chi connectivity index (χ4v) is 7.82. The molecule has 1 rings (SSSR count). The Kier molecular flexibility index (Phi) is 9.91. The largest absolute Gasteiger partial charge is 0.346 e. The normalized spacial score (nSPS) is 12.7. The van der Waals surface area contributed by atoms with Crippen molar-refractivity contribution >= 4 is 26.8 Å². The van der Waals surface area contributed by atoms with E-state index in [1.807, 2.05) is 0 Å². The van der Waals surface area contributed by atoms with Crippen LogP contribution in [0.15, 0.2) is 24.3 Å². The second-order valence-corrected chi connectivity index (χ2v) is 10.3. The first-order valence-electron chi connectivity index (χ1n) is 8.37. The van der Waals surface area contributed by atoms with Crippen molar-refractivity contribution in [3.05, 3.63) is 34.9 Å². The van der Waals surface area contributed by atoms with Crippen LogP contribution in [-0.2, 0) is 33.6 Å². The summed E-state index contributed by atoms with van der Waals surface area (Å²) < 4.78 is 48.5. The number of hydrogen-bond acceptors (Lipinski definition) is 6. The highest BCUT2D eigenvalue weighted by Gasteiger charge is 2.50. The Morgan fingerprint density at radius 3 is 1.48 bits per heavy atom. The van der Waals surface area contributed by atoms with Gasteiger partial charge in [-0.15, -0.1) is 0 Å². The summed E-state index contributed by atoms with van der Waals surface area (Å²) in [4.78, 5) is 0. The van der Waals surface area contributed by atoms with Crippen molar-refractivity contribution in [2.75, 3.05) is 26.4 Å². The molecule has 0 aliphatic rings. The zero-order valence-corrected chi connectivity index (χ0v) is 17.7. The highest BCUT2D eigenvalue weighted by Crippen LogP contribution is 2.71. The Bertz CT molecular complexity index is 557. The molecule has 25 heavy (non-hydrogen) atoms. The summed E-state index contributed by atoms with van der Waals surface area (Å²) >= 11 is 5.92. The lowest BCUT2D eigenvalue weighted by Crippen LogP contribution is -2.20. The van der Waals surface area contributed by atoms with E-state index in [0.29, 0.717) is 5.02 Å². The van der Waals surface area contributed by atoms with Gasteiger partial charge in [-0.2, -0.15) is 0 Å². The minimum Gasteiger partial charge on any atom is -0.308 e. The SMILES string of the molecule is CCOP(=O)(OCC)C(Cc1ccc(Cl)cc1)P(=O)(OCC)OCC. The van der Waals surface area contributed by atoms with Crippen molar-refractivity contribution in [1.82, 2.24) is 0 Å². The number of benzene rings is 1. The lowest BCUT2D eigenvalue weighted by molar-refractivity contribution is 0.195. The molecule has 0 saturated carbocycles. The van der Waals surface area contributed by atoms with Crippen LogP contribution in [0.5, 0.6) is 0 Å². The van der Waals surface area contributed by atoms with Crippen molar-refractivity contribution in [3.8, 4) is 0 Å². The topological polar surface area (TPSA) is 71.1 Å². The second-order valence-electron chi connectivity index (χ2n) is 5.06. The standard InChI is InChI=1S/C16H27ClO6P2/c1-5-20-24(18,21-6-2)16(25(19,22-7-3)23-8-4)13-14-9-11-15(17)12-10-14/h9-12,16H,5-8,13H2,1-4H3. The number of halogens is 1. The van der Waals surface area contributed by atoms with Crippen LogP contribution in [0.2, 0.25) is 5.02 Å². The maximum Gasteiger partial charge on any atom is 0.346 e. The minimum absolute atomic E-state index is 0.158. The molecule has 0 bridgehead atoms. The first-order chi connectivity index (χ1) is 11.8. The third-order valence-corrected chi connectivity index (χ3v) is 9.54. The van der Waals surface area contributed by atoms with E-state index in [4.69, 9.17) is 29.7 Å². The van der Waals surface area contributed by atoms with Crippen LogP contribution < -0.4 is 0 Å². The smallest absolute Gasteiger partial charge is 0.308 e. The highest BCUT2D eigenvalue weighted by molar-refractivity contribution is 7.72. The van der Waals surface area contributed by atoms with Gasteiger partial charge in [0, 0.05) is 5.02 Å². The van der Waals surface area contributed by atoms with Gasteiger partial charge in [0.15, 0.2) is 5.40 Å². The van der Waals surface area contributed by atoms with E-state index in [-0.39, 0.29) is 32.8 Å². The van der Waals surface area contributed by atoms with E-state index in [1.54, 1.807) is 52.0 Å². The monoisotopic (exact) mass is 412 g/mol. The summed E-state index contributed by atoms with van der Waals surface area (Å²) in [5, 5.41) is -0.475. The Balaban J connectivity index is 3.34. The lowest BCUT2D eigenvalue weighted by atomic mass is 10.2. The average Bonchev–Trinajstić information content (AvgIpc) is 2.55. The summed E-state index contributed by atoms with van der Waals surface area (Å²) in [7, 11) is -7.47. The van der Waals surface area contributed by atoms with E-state index in [2.05, 4.69) is 0 Å². The van der Waals surface area contributed by atoms with Crippen LogP contribution in [0, 0.1) is 0 Å². The van der Waals surface area contributed by atoms with Crippen LogP contribution in [0.4, 0.5) is 0 Å². The van der Waals surface area contributed by atoms with Crippen molar-refractivity contribution in [3.63, 3.8) is 0 Å². The van der Waals surface area contributed by atoms with E-state index in [1.165, 1.54) is 0 Å². The molecule has 0 saturated heterocycles. The molecule has 0 spiro atoms. The third kappa shape index (κ3) is 6.48. The van der Waals surface area contributed by atoms with Crippen molar-refractivity contribution < 1.29 is 27.2 Å². The van der Waals surface area contributed by atoms with Crippen molar-refractivity contribution in [1.29, 1.82) is 0 Å². The number of rotatable bonds is 12. The Morgan fingerprint density at radius 2 is 1.16 bits per heavy atom. The molecule has 144 valence electrons. The zero-order valence-electron chi connectivity index (χ0n) is 15.1. The Labute approximate surface area is 155 Å². The fourth-order valence-electron chi connectivity index (χ4n) is 2.37. The molecule has 9 heteroatoms. The molecule has 0 aliphatic carbocycles. The summed E-state index contributed by atoms with van der Waals surface area (Å²) in [5.74, 6) is 0. The van der Waals surface area contributed by atoms with Crippen molar-refractivity contribution in [2.24, 2.45) is 0 Å². The fraction of sp³-hybridized carbons (Fsp3) is 0.625. The average molecular weight is 413 g/mol. The molecule has 1 aromatic carbocycles. The van der Waals surface area contributed by atoms with Gasteiger partial charge in [0.2, 0.25) is 0 Å². The number of hydrogen-bond donors (Lipinski definition) is 0. The molecule has 6 nitrogen and oxygen atoms in total. The van der Waals surface area contributed by atoms with Gasteiger partial charge in [-0.3, -0.25) is 9.13 Å². The van der Waals surface area contributed by atoms with E-state index < -0.39 is 20.6 Å². The van der Waals surface area contributed by atoms with Crippen LogP contribution in [0.25, 0.3) is 0 Å². The molecular formula is C16H27ClO6P2. The maximum atomic E-state index is 13.4. The van der Waals surface area contributed by atoms with Gasteiger partial charge >= 0.3 is 15.2 Å². The van der Waals surface area contributed by atoms with E-state index >= 15 is 0 Å². The molecule has 0 heterocycles. The predicted molar refractivity (Wildman–Crippen MR) is 101 cm³/mol. The molecule has 0 aliphatic heterocycles. The van der Waals surface area contributed by atoms with Crippen LogP contribution in [0.1, 0.15) is 33.3 Å². The van der Waals surface area contributed by atoms with Crippen LogP contribution in [-0.4, -0.2) is 31.8 Å². The molecule has 0 aromatic heterocycles. The summed E-state index contributed by atoms with van der Waals surface area (Å²) in [5.41, 5.74) is 0.786. The molecule has 0 fully saturated rings. The molecule has 0 radical (unpaired) electrons. The summed E-state index contributed by atoms with van der Waals surface area (Å²) in [6.45, 7) is 7.46. The lowest BCUT2D eigenvalue weighted by Gasteiger charge is -2.31. The quantitative estimate of drug-likeness (QED) is 0.407. The van der Waals surface area contributed by atoms with Crippen molar-refractivity contribution in [2.45, 2.75) is 39.5 Å². The Hall–Kier alpha value is -0.190. The van der Waals surface area contributed by atoms with Crippen LogP contribution in [0.3, 0.4) is 0 Å². The summed E-state index contributed by atoms with van der Waals surface area (Å²) in [6, 6.07) is 6.98.